The summed E-state index contributed by atoms with van der Waals surface area (Å²) in [4.78, 5) is 24.7. The van der Waals surface area contributed by atoms with Gasteiger partial charge in [-0.25, -0.2) is 0 Å². The van der Waals surface area contributed by atoms with E-state index < -0.39 is 0 Å². The van der Waals surface area contributed by atoms with Crippen molar-refractivity contribution in [3.05, 3.63) is 0 Å². The Labute approximate surface area is 109 Å². The minimum atomic E-state index is -0.218. The molecule has 1 aliphatic heterocycles. The molecule has 0 aromatic rings. The summed E-state index contributed by atoms with van der Waals surface area (Å²) in [6.45, 7) is 1.49. The Hall–Kier alpha value is -1.10. The molecule has 18 heavy (non-hydrogen) atoms. The van der Waals surface area contributed by atoms with Crippen molar-refractivity contribution >= 4 is 11.9 Å². The highest BCUT2D eigenvalue weighted by Crippen LogP contribution is 2.11. The molecule has 0 radical (unpaired) electrons. The number of nitrogens with two attached hydrogens (primary N) is 1. The molecule has 1 fully saturated rings. The van der Waals surface area contributed by atoms with Crippen LogP contribution < -0.4 is 5.73 Å². The van der Waals surface area contributed by atoms with Crippen molar-refractivity contribution in [2.45, 2.75) is 51.4 Å². The molecular weight excluding hydrogens is 232 g/mol. The van der Waals surface area contributed by atoms with E-state index in [-0.39, 0.29) is 18.6 Å². The number of esters is 1. The van der Waals surface area contributed by atoms with Crippen molar-refractivity contribution in [3.63, 3.8) is 0 Å². The van der Waals surface area contributed by atoms with Gasteiger partial charge >= 0.3 is 5.97 Å². The fourth-order valence-electron chi connectivity index (χ4n) is 1.99. The van der Waals surface area contributed by atoms with Gasteiger partial charge in [0.05, 0.1) is 0 Å². The maximum atomic E-state index is 11.6. The summed E-state index contributed by atoms with van der Waals surface area (Å²) in [6, 6.07) is 0. The van der Waals surface area contributed by atoms with E-state index in [2.05, 4.69) is 0 Å². The zero-order valence-electron chi connectivity index (χ0n) is 11.0. The highest BCUT2D eigenvalue weighted by molar-refractivity contribution is 5.76. The summed E-state index contributed by atoms with van der Waals surface area (Å²) >= 11 is 0. The molecule has 0 saturated carbocycles. The summed E-state index contributed by atoms with van der Waals surface area (Å²) in [5.41, 5.74) is 5.37. The first kappa shape index (κ1) is 15.0. The van der Waals surface area contributed by atoms with Crippen LogP contribution in [0.2, 0.25) is 0 Å². The topological polar surface area (TPSA) is 72.6 Å². The quantitative estimate of drug-likeness (QED) is 0.552. The molecule has 0 aromatic carbocycles. The van der Waals surface area contributed by atoms with Gasteiger partial charge in [-0.3, -0.25) is 9.59 Å². The lowest BCUT2D eigenvalue weighted by molar-refractivity contribution is -0.152. The highest BCUT2D eigenvalue weighted by atomic mass is 16.5. The Morgan fingerprint density at radius 1 is 1.22 bits per heavy atom. The lowest BCUT2D eigenvalue weighted by atomic mass is 10.2. The number of ether oxygens (including phenoxy) is 1. The minimum absolute atomic E-state index is 0.100. The minimum Gasteiger partial charge on any atom is -0.444 e. The molecule has 0 aliphatic carbocycles. The first-order valence-electron chi connectivity index (χ1n) is 6.87. The van der Waals surface area contributed by atoms with Gasteiger partial charge in [-0.15, -0.1) is 0 Å². The molecule has 0 bridgehead atoms. The van der Waals surface area contributed by atoms with Gasteiger partial charge in [-0.05, 0) is 32.2 Å². The van der Waals surface area contributed by atoms with Crippen LogP contribution >= 0.6 is 0 Å². The molecule has 1 amide bonds. The molecule has 1 aliphatic rings. The molecule has 104 valence electrons. The summed E-state index contributed by atoms with van der Waals surface area (Å²) < 4.78 is 5.12. The second-order valence-electron chi connectivity index (χ2n) is 4.71. The maximum absolute atomic E-state index is 11.6. The number of likely N-dealkylation sites (tertiary alicyclic amines) is 1. The lowest BCUT2D eigenvalue weighted by Gasteiger charge is -2.19. The zero-order valence-corrected chi connectivity index (χ0v) is 11.0. The summed E-state index contributed by atoms with van der Waals surface area (Å²) in [5.74, 6) is -0.118. The van der Waals surface area contributed by atoms with Crippen LogP contribution in [0.3, 0.4) is 0 Å². The zero-order chi connectivity index (χ0) is 13.2. The molecule has 1 rings (SSSR count). The summed E-state index contributed by atoms with van der Waals surface area (Å²) in [5, 5.41) is 0. The molecule has 0 atom stereocenters. The number of carbonyl (C=O) groups excluding carboxylic acids is 2. The lowest BCUT2D eigenvalue weighted by Crippen LogP contribution is -2.33. The van der Waals surface area contributed by atoms with E-state index in [1.807, 2.05) is 0 Å². The fourth-order valence-corrected chi connectivity index (χ4v) is 1.99. The standard InChI is InChI=1S/C13H24N2O3/c14-9-5-1-4-8-13(17)18-11-15-10-6-2-3-7-12(15)16/h1-11,14H2. The normalized spacial score (nSPS) is 16.5. The van der Waals surface area contributed by atoms with Crippen LogP contribution in [0.15, 0.2) is 0 Å². The van der Waals surface area contributed by atoms with Crippen molar-refractivity contribution in [3.8, 4) is 0 Å². The Morgan fingerprint density at radius 2 is 2.06 bits per heavy atom. The van der Waals surface area contributed by atoms with E-state index in [1.165, 1.54) is 0 Å². The van der Waals surface area contributed by atoms with E-state index >= 15 is 0 Å². The third kappa shape index (κ3) is 6.00. The number of carbonyl (C=O) groups is 2. The van der Waals surface area contributed by atoms with E-state index in [1.54, 1.807) is 4.90 Å². The molecule has 5 nitrogen and oxygen atoms in total. The van der Waals surface area contributed by atoms with Gasteiger partial charge in [-0.2, -0.15) is 0 Å². The maximum Gasteiger partial charge on any atom is 0.307 e. The number of hydrogen-bond acceptors (Lipinski definition) is 4. The van der Waals surface area contributed by atoms with Crippen LogP contribution in [-0.4, -0.2) is 36.6 Å². The van der Waals surface area contributed by atoms with Crippen LogP contribution in [0.1, 0.15) is 51.4 Å². The van der Waals surface area contributed by atoms with Gasteiger partial charge in [0.2, 0.25) is 5.91 Å². The van der Waals surface area contributed by atoms with Gasteiger partial charge < -0.3 is 15.4 Å². The third-order valence-corrected chi connectivity index (χ3v) is 3.14. The number of hydrogen-bond donors (Lipinski definition) is 1. The summed E-state index contributed by atoms with van der Waals surface area (Å²) in [7, 11) is 0. The highest BCUT2D eigenvalue weighted by Gasteiger charge is 2.17. The molecule has 5 heteroatoms. The predicted molar refractivity (Wildman–Crippen MR) is 68.7 cm³/mol. The Bertz CT molecular complexity index is 269. The molecule has 1 heterocycles. The number of amides is 1. The van der Waals surface area contributed by atoms with E-state index in [0.29, 0.717) is 25.9 Å². The fraction of sp³-hybridized carbons (Fsp3) is 0.846. The number of nitrogens with zero attached hydrogens (tertiary/aromatic N) is 1. The smallest absolute Gasteiger partial charge is 0.307 e. The van der Waals surface area contributed by atoms with Crippen molar-refractivity contribution in [2.75, 3.05) is 19.8 Å². The van der Waals surface area contributed by atoms with E-state index in [9.17, 15) is 9.59 Å². The average molecular weight is 256 g/mol. The largest absolute Gasteiger partial charge is 0.444 e. The van der Waals surface area contributed by atoms with Gasteiger partial charge in [0.1, 0.15) is 0 Å². The SMILES string of the molecule is NCCCCCC(=O)OCN1CCCCCC1=O. The number of unbranched alkanes of at least 4 members (excludes halogenated alkanes) is 2. The molecular formula is C13H24N2O3. The van der Waals surface area contributed by atoms with Crippen molar-refractivity contribution < 1.29 is 14.3 Å². The molecule has 0 unspecified atom stereocenters. The Kier molecular flexibility index (Phi) is 7.41. The first-order valence-corrected chi connectivity index (χ1v) is 6.87. The van der Waals surface area contributed by atoms with Gasteiger partial charge in [-0.1, -0.05) is 12.8 Å². The molecule has 1 saturated heterocycles. The third-order valence-electron chi connectivity index (χ3n) is 3.14. The van der Waals surface area contributed by atoms with Gasteiger partial charge in [0, 0.05) is 19.4 Å². The van der Waals surface area contributed by atoms with Crippen molar-refractivity contribution in [2.24, 2.45) is 5.73 Å². The van der Waals surface area contributed by atoms with Crippen molar-refractivity contribution in [1.82, 2.24) is 4.90 Å². The van der Waals surface area contributed by atoms with Crippen LogP contribution in [-0.2, 0) is 14.3 Å². The van der Waals surface area contributed by atoms with Gasteiger partial charge in [0.15, 0.2) is 6.73 Å². The van der Waals surface area contributed by atoms with E-state index in [4.69, 9.17) is 10.5 Å². The van der Waals surface area contributed by atoms with Crippen LogP contribution in [0.4, 0.5) is 0 Å². The Balaban J connectivity index is 2.14. The molecule has 0 spiro atoms. The van der Waals surface area contributed by atoms with Crippen LogP contribution in [0, 0.1) is 0 Å². The van der Waals surface area contributed by atoms with E-state index in [0.717, 1.165) is 38.5 Å². The monoisotopic (exact) mass is 256 g/mol. The molecule has 0 aromatic heterocycles. The average Bonchev–Trinajstić information content (AvgIpc) is 2.57. The van der Waals surface area contributed by atoms with Gasteiger partial charge in [0.25, 0.3) is 0 Å². The Morgan fingerprint density at radius 3 is 2.83 bits per heavy atom. The summed E-state index contributed by atoms with van der Waals surface area (Å²) in [6.07, 6.45) is 6.73. The second-order valence-corrected chi connectivity index (χ2v) is 4.71. The molecule has 2 N–H and O–H groups in total. The van der Waals surface area contributed by atoms with Crippen molar-refractivity contribution in [1.29, 1.82) is 0 Å². The number of rotatable bonds is 7. The van der Waals surface area contributed by atoms with Crippen LogP contribution in [0.5, 0.6) is 0 Å². The second kappa shape index (κ2) is 8.91. The first-order chi connectivity index (χ1) is 8.74. The van der Waals surface area contributed by atoms with Crippen LogP contribution in [0.25, 0.3) is 0 Å². The predicted octanol–water partition coefficient (Wildman–Crippen LogP) is 1.41.